The quantitative estimate of drug-likeness (QED) is 0.481. The molecule has 0 aliphatic heterocycles. The van der Waals surface area contributed by atoms with Crippen LogP contribution in [0.15, 0.2) is 53.4 Å². The second-order valence-corrected chi connectivity index (χ2v) is 11.3. The maximum absolute atomic E-state index is 13.1. The predicted molar refractivity (Wildman–Crippen MR) is 130 cm³/mol. The van der Waals surface area contributed by atoms with Crippen LogP contribution in [0.3, 0.4) is 0 Å². The van der Waals surface area contributed by atoms with Gasteiger partial charge in [0.15, 0.2) is 0 Å². The molecule has 0 unspecified atom stereocenters. The average molecular weight is 490 g/mol. The molecule has 0 N–H and O–H groups in total. The van der Waals surface area contributed by atoms with Gasteiger partial charge in [0.1, 0.15) is 11.4 Å². The Bertz CT molecular complexity index is 1050. The van der Waals surface area contributed by atoms with E-state index in [9.17, 15) is 13.2 Å². The molecule has 0 atom stereocenters. The van der Waals surface area contributed by atoms with E-state index in [0.29, 0.717) is 32.2 Å². The highest BCUT2D eigenvalue weighted by molar-refractivity contribution is 7.86. The Labute approximate surface area is 203 Å². The number of ether oxygens (including phenoxy) is 2. The standard InChI is InChI=1S/C26H35NO6S/c1-19-6-16-24(17-7-19)34(29,30)33-23-14-10-21(11-15-23)27(25(28)32-26(2,3)4)18-20-8-12-22(31-5)13-9-20/h6-9,12-13,16-17,21,23H,10-11,14-15,18H2,1-5H3. The summed E-state index contributed by atoms with van der Waals surface area (Å²) in [5.41, 5.74) is 1.34. The van der Waals surface area contributed by atoms with E-state index >= 15 is 0 Å². The number of amides is 1. The number of nitrogens with zero attached hydrogens (tertiary/aromatic N) is 1. The second-order valence-electron chi connectivity index (χ2n) is 9.75. The van der Waals surface area contributed by atoms with Crippen molar-refractivity contribution >= 4 is 16.2 Å². The first-order valence-corrected chi connectivity index (χ1v) is 13.0. The van der Waals surface area contributed by atoms with Crippen molar-refractivity contribution in [3.8, 4) is 5.75 Å². The first-order chi connectivity index (χ1) is 16.0. The zero-order valence-electron chi connectivity index (χ0n) is 20.6. The maximum atomic E-state index is 13.1. The summed E-state index contributed by atoms with van der Waals surface area (Å²) in [6.07, 6.45) is 1.55. The summed E-state index contributed by atoms with van der Waals surface area (Å²) in [7, 11) is -2.21. The zero-order chi connectivity index (χ0) is 24.9. The van der Waals surface area contributed by atoms with Gasteiger partial charge in [-0.05, 0) is 83.2 Å². The average Bonchev–Trinajstić information content (AvgIpc) is 2.77. The first kappa shape index (κ1) is 26.0. The maximum Gasteiger partial charge on any atom is 0.410 e. The van der Waals surface area contributed by atoms with Crippen molar-refractivity contribution < 1.29 is 26.9 Å². The Morgan fingerprint density at radius 1 is 0.971 bits per heavy atom. The Morgan fingerprint density at radius 3 is 2.09 bits per heavy atom. The van der Waals surface area contributed by atoms with Gasteiger partial charge in [-0.1, -0.05) is 29.8 Å². The minimum Gasteiger partial charge on any atom is -0.497 e. The van der Waals surface area contributed by atoms with Crippen molar-refractivity contribution in [1.29, 1.82) is 0 Å². The third-order valence-corrected chi connectivity index (χ3v) is 7.17. The number of rotatable bonds is 7. The highest BCUT2D eigenvalue weighted by atomic mass is 32.2. The fraction of sp³-hybridized carbons (Fsp3) is 0.500. The van der Waals surface area contributed by atoms with Gasteiger partial charge in [-0.3, -0.25) is 4.18 Å². The van der Waals surface area contributed by atoms with Gasteiger partial charge >= 0.3 is 6.09 Å². The fourth-order valence-corrected chi connectivity index (χ4v) is 5.11. The van der Waals surface area contributed by atoms with E-state index in [1.807, 2.05) is 52.0 Å². The lowest BCUT2D eigenvalue weighted by atomic mass is 9.92. The third kappa shape index (κ3) is 7.21. The molecule has 2 aromatic rings. The zero-order valence-corrected chi connectivity index (χ0v) is 21.4. The van der Waals surface area contributed by atoms with Gasteiger partial charge in [0.2, 0.25) is 0 Å². The van der Waals surface area contributed by atoms with Crippen LogP contribution < -0.4 is 4.74 Å². The Kier molecular flexibility index (Phi) is 8.25. The van der Waals surface area contributed by atoms with E-state index in [2.05, 4.69) is 0 Å². The minimum atomic E-state index is -3.83. The summed E-state index contributed by atoms with van der Waals surface area (Å²) < 4.78 is 41.8. The predicted octanol–water partition coefficient (Wildman–Crippen LogP) is 5.46. The van der Waals surface area contributed by atoms with Crippen LogP contribution >= 0.6 is 0 Å². The third-order valence-electron chi connectivity index (χ3n) is 5.80. The van der Waals surface area contributed by atoms with Crippen molar-refractivity contribution in [1.82, 2.24) is 4.90 Å². The van der Waals surface area contributed by atoms with Gasteiger partial charge in [-0.2, -0.15) is 8.42 Å². The highest BCUT2D eigenvalue weighted by Gasteiger charge is 2.34. The molecule has 0 radical (unpaired) electrons. The monoisotopic (exact) mass is 489 g/mol. The molecule has 3 rings (SSSR count). The van der Waals surface area contributed by atoms with Crippen LogP contribution in [0, 0.1) is 6.92 Å². The van der Waals surface area contributed by atoms with Gasteiger partial charge in [0.25, 0.3) is 10.1 Å². The molecule has 186 valence electrons. The summed E-state index contributed by atoms with van der Waals surface area (Å²) >= 11 is 0. The number of carbonyl (C=O) groups excluding carboxylic acids is 1. The lowest BCUT2D eigenvalue weighted by Gasteiger charge is -2.37. The fourth-order valence-electron chi connectivity index (χ4n) is 3.98. The molecule has 0 saturated heterocycles. The number of hydrogen-bond donors (Lipinski definition) is 0. The molecule has 0 bridgehead atoms. The Hall–Kier alpha value is -2.58. The van der Waals surface area contributed by atoms with Gasteiger partial charge in [0.05, 0.1) is 18.1 Å². The first-order valence-electron chi connectivity index (χ1n) is 11.6. The molecule has 1 aliphatic carbocycles. The van der Waals surface area contributed by atoms with Crippen LogP contribution in [-0.2, 0) is 25.6 Å². The van der Waals surface area contributed by atoms with E-state index in [4.69, 9.17) is 13.7 Å². The number of aryl methyl sites for hydroxylation is 1. The molecular formula is C26H35NO6S. The molecule has 34 heavy (non-hydrogen) atoms. The van der Waals surface area contributed by atoms with Crippen molar-refractivity contribution in [2.45, 2.75) is 82.6 Å². The summed E-state index contributed by atoms with van der Waals surface area (Å²) in [5.74, 6) is 0.750. The topological polar surface area (TPSA) is 82.1 Å². The van der Waals surface area contributed by atoms with Crippen LogP contribution in [0.5, 0.6) is 5.75 Å². The molecule has 7 nitrogen and oxygen atoms in total. The van der Waals surface area contributed by atoms with Crippen LogP contribution in [0.1, 0.15) is 57.6 Å². The summed E-state index contributed by atoms with van der Waals surface area (Å²) in [5, 5.41) is 0. The van der Waals surface area contributed by atoms with E-state index in [0.717, 1.165) is 16.9 Å². The van der Waals surface area contributed by atoms with Gasteiger partial charge < -0.3 is 14.4 Å². The highest BCUT2D eigenvalue weighted by Crippen LogP contribution is 2.30. The molecule has 0 spiro atoms. The largest absolute Gasteiger partial charge is 0.497 e. The summed E-state index contributed by atoms with van der Waals surface area (Å²) in [4.78, 5) is 15.0. The van der Waals surface area contributed by atoms with Crippen molar-refractivity contribution in [2.24, 2.45) is 0 Å². The lowest BCUT2D eigenvalue weighted by Crippen LogP contribution is -2.45. The van der Waals surface area contributed by atoms with Crippen molar-refractivity contribution in [3.05, 3.63) is 59.7 Å². The molecule has 2 aromatic carbocycles. The normalized spacial score (nSPS) is 18.9. The number of carbonyl (C=O) groups is 1. The van der Waals surface area contributed by atoms with Crippen LogP contribution in [0.25, 0.3) is 0 Å². The molecule has 1 saturated carbocycles. The molecule has 1 fully saturated rings. The summed E-state index contributed by atoms with van der Waals surface area (Å²) in [6.45, 7) is 7.84. The van der Waals surface area contributed by atoms with E-state index < -0.39 is 21.8 Å². The Morgan fingerprint density at radius 2 is 1.56 bits per heavy atom. The van der Waals surface area contributed by atoms with E-state index in [1.165, 1.54) is 0 Å². The van der Waals surface area contributed by atoms with E-state index in [1.54, 1.807) is 36.3 Å². The second kappa shape index (κ2) is 10.8. The molecule has 0 aromatic heterocycles. The SMILES string of the molecule is COc1ccc(CN(C(=O)OC(C)(C)C)C2CCC(OS(=O)(=O)c3ccc(C)cc3)CC2)cc1. The number of methoxy groups -OCH3 is 1. The molecule has 8 heteroatoms. The molecular weight excluding hydrogens is 454 g/mol. The lowest BCUT2D eigenvalue weighted by molar-refractivity contribution is 0.00466. The van der Waals surface area contributed by atoms with Crippen LogP contribution in [0.2, 0.25) is 0 Å². The minimum absolute atomic E-state index is 0.0705. The van der Waals surface area contributed by atoms with Gasteiger partial charge in [-0.15, -0.1) is 0 Å². The Balaban J connectivity index is 1.68. The smallest absolute Gasteiger partial charge is 0.410 e. The molecule has 1 aliphatic rings. The molecule has 0 heterocycles. The number of benzene rings is 2. The number of hydrogen-bond acceptors (Lipinski definition) is 6. The van der Waals surface area contributed by atoms with E-state index in [-0.39, 0.29) is 17.0 Å². The van der Waals surface area contributed by atoms with Gasteiger partial charge in [-0.25, -0.2) is 4.79 Å². The van der Waals surface area contributed by atoms with Crippen molar-refractivity contribution in [2.75, 3.05) is 7.11 Å². The summed E-state index contributed by atoms with van der Waals surface area (Å²) in [6, 6.07) is 14.2. The van der Waals surface area contributed by atoms with Crippen LogP contribution in [0.4, 0.5) is 4.79 Å². The van der Waals surface area contributed by atoms with Crippen LogP contribution in [-0.4, -0.2) is 44.3 Å². The van der Waals surface area contributed by atoms with Crippen molar-refractivity contribution in [3.63, 3.8) is 0 Å². The van der Waals surface area contributed by atoms with Gasteiger partial charge in [0, 0.05) is 12.6 Å². The molecule has 1 amide bonds.